The smallest absolute Gasteiger partial charge is 0.241 e. The number of piperazine rings is 1. The van der Waals surface area contributed by atoms with Gasteiger partial charge in [0.05, 0.1) is 6.04 Å². The summed E-state index contributed by atoms with van der Waals surface area (Å²) in [5, 5.41) is 6.25. The molecule has 176 valence electrons. The van der Waals surface area contributed by atoms with Crippen LogP contribution in [-0.4, -0.2) is 97.4 Å². The second-order valence-corrected chi connectivity index (χ2v) is 8.49. The van der Waals surface area contributed by atoms with Crippen LogP contribution in [0.4, 0.5) is 0 Å². The van der Waals surface area contributed by atoms with Crippen LogP contribution in [0.3, 0.4) is 0 Å². The Balaban J connectivity index is 1.44. The molecule has 2 N–H and O–H groups in total. The molecule has 0 aliphatic carbocycles. The summed E-state index contributed by atoms with van der Waals surface area (Å²) in [6, 6.07) is 10.1. The average molecular weight is 443 g/mol. The number of carbonyl (C=O) groups is 2. The number of rotatable bonds is 8. The fourth-order valence-electron chi connectivity index (χ4n) is 4.30. The Morgan fingerprint density at radius 1 is 0.969 bits per heavy atom. The van der Waals surface area contributed by atoms with Gasteiger partial charge in [0.1, 0.15) is 6.54 Å². The van der Waals surface area contributed by atoms with Gasteiger partial charge in [0.2, 0.25) is 11.8 Å². The molecule has 1 atom stereocenters. The van der Waals surface area contributed by atoms with Gasteiger partial charge in [-0.2, -0.15) is 0 Å². The fourth-order valence-corrected chi connectivity index (χ4v) is 4.30. The molecule has 0 bridgehead atoms. The van der Waals surface area contributed by atoms with Crippen LogP contribution in [-0.2, 0) is 16.0 Å². The average Bonchev–Trinajstić information content (AvgIpc) is 3.37. The molecular formula is C24H38N6O2. The second kappa shape index (κ2) is 12.4. The van der Waals surface area contributed by atoms with E-state index in [1.807, 2.05) is 36.9 Å². The summed E-state index contributed by atoms with van der Waals surface area (Å²) in [5.41, 5.74) is 1.21. The maximum atomic E-state index is 12.7. The van der Waals surface area contributed by atoms with Crippen molar-refractivity contribution in [1.29, 1.82) is 0 Å². The molecule has 2 heterocycles. The first kappa shape index (κ1) is 24.0. The Labute approximate surface area is 192 Å². The highest BCUT2D eigenvalue weighted by molar-refractivity contribution is 5.85. The van der Waals surface area contributed by atoms with E-state index in [1.165, 1.54) is 5.56 Å². The van der Waals surface area contributed by atoms with Gasteiger partial charge >= 0.3 is 0 Å². The van der Waals surface area contributed by atoms with E-state index >= 15 is 0 Å². The molecule has 1 aromatic rings. The fraction of sp³-hybridized carbons (Fsp3) is 0.625. The van der Waals surface area contributed by atoms with Gasteiger partial charge in [-0.1, -0.05) is 30.3 Å². The van der Waals surface area contributed by atoms with E-state index in [4.69, 9.17) is 0 Å². The molecule has 2 aliphatic rings. The monoisotopic (exact) mass is 442 g/mol. The number of nitrogens with one attached hydrogen (secondary N) is 2. The second-order valence-electron chi connectivity index (χ2n) is 8.49. The highest BCUT2D eigenvalue weighted by Gasteiger charge is 2.30. The molecule has 0 aromatic heterocycles. The van der Waals surface area contributed by atoms with Crippen molar-refractivity contribution in [3.05, 3.63) is 35.9 Å². The zero-order valence-corrected chi connectivity index (χ0v) is 19.6. The van der Waals surface area contributed by atoms with E-state index < -0.39 is 0 Å². The maximum absolute atomic E-state index is 12.7. The molecule has 8 nitrogen and oxygen atoms in total. The quantitative estimate of drug-likeness (QED) is 0.463. The number of guanidine groups is 1. The Bertz CT molecular complexity index is 755. The van der Waals surface area contributed by atoms with Gasteiger partial charge in [-0.05, 0) is 38.7 Å². The van der Waals surface area contributed by atoms with Crippen LogP contribution in [0.5, 0.6) is 0 Å². The van der Waals surface area contributed by atoms with E-state index in [2.05, 4.69) is 37.6 Å². The number of amides is 2. The Kier molecular flexibility index (Phi) is 9.34. The van der Waals surface area contributed by atoms with E-state index in [1.54, 1.807) is 0 Å². The largest absolute Gasteiger partial charge is 0.357 e. The van der Waals surface area contributed by atoms with Gasteiger partial charge in [-0.25, -0.2) is 4.99 Å². The van der Waals surface area contributed by atoms with Gasteiger partial charge in [0, 0.05) is 52.4 Å². The number of hydrogen-bond acceptors (Lipinski definition) is 4. The summed E-state index contributed by atoms with van der Waals surface area (Å²) in [6.45, 7) is 10.5. The van der Waals surface area contributed by atoms with Crippen molar-refractivity contribution >= 4 is 17.8 Å². The number of nitrogens with zero attached hydrogens (tertiary/aromatic N) is 4. The molecule has 8 heteroatoms. The summed E-state index contributed by atoms with van der Waals surface area (Å²) >= 11 is 0. The number of benzene rings is 1. The molecule has 2 fully saturated rings. The van der Waals surface area contributed by atoms with Gasteiger partial charge in [0.15, 0.2) is 5.96 Å². The minimum atomic E-state index is -0.0786. The standard InChI is InChI=1S/C24H38N6O2/c1-3-25-24(27-19-22(31)26-12-11-21-9-5-4-6-10-21)30-17-15-28(16-18-30)20(2)23(32)29-13-7-8-14-29/h4-6,9-10,20H,3,7-8,11-19H2,1-2H3,(H,25,27)(H,26,31). The zero-order chi connectivity index (χ0) is 22.8. The molecule has 0 saturated carbocycles. The van der Waals surface area contributed by atoms with Gasteiger partial charge in [-0.15, -0.1) is 0 Å². The number of likely N-dealkylation sites (tertiary alicyclic amines) is 1. The third-order valence-corrected chi connectivity index (χ3v) is 6.22. The van der Waals surface area contributed by atoms with Crippen LogP contribution in [0.25, 0.3) is 0 Å². The minimum absolute atomic E-state index is 0.0696. The minimum Gasteiger partial charge on any atom is -0.357 e. The topological polar surface area (TPSA) is 80.3 Å². The van der Waals surface area contributed by atoms with Gasteiger partial charge < -0.3 is 20.4 Å². The third kappa shape index (κ3) is 6.95. The van der Waals surface area contributed by atoms with Crippen molar-refractivity contribution in [1.82, 2.24) is 25.3 Å². The lowest BCUT2D eigenvalue weighted by molar-refractivity contribution is -0.135. The summed E-state index contributed by atoms with van der Waals surface area (Å²) in [7, 11) is 0. The highest BCUT2D eigenvalue weighted by atomic mass is 16.2. The van der Waals surface area contributed by atoms with Gasteiger partial charge in [0.25, 0.3) is 0 Å². The highest BCUT2D eigenvalue weighted by Crippen LogP contribution is 2.14. The molecule has 1 unspecified atom stereocenters. The van der Waals surface area contributed by atoms with Crippen LogP contribution in [0.15, 0.2) is 35.3 Å². The van der Waals surface area contributed by atoms with Crippen molar-refractivity contribution in [3.8, 4) is 0 Å². The lowest BCUT2D eigenvalue weighted by Crippen LogP contribution is -2.57. The normalized spacial score (nSPS) is 18.5. The number of carbonyl (C=O) groups excluding carboxylic acids is 2. The van der Waals surface area contributed by atoms with E-state index in [-0.39, 0.29) is 24.4 Å². The Hall–Kier alpha value is -2.61. The molecule has 0 spiro atoms. The molecule has 2 saturated heterocycles. The molecule has 1 aromatic carbocycles. The van der Waals surface area contributed by atoms with Crippen molar-refractivity contribution in [2.24, 2.45) is 4.99 Å². The van der Waals surface area contributed by atoms with Crippen molar-refractivity contribution in [3.63, 3.8) is 0 Å². The third-order valence-electron chi connectivity index (χ3n) is 6.22. The first-order chi connectivity index (χ1) is 15.6. The van der Waals surface area contributed by atoms with Crippen molar-refractivity contribution in [2.75, 3.05) is 58.9 Å². The molecule has 32 heavy (non-hydrogen) atoms. The lowest BCUT2D eigenvalue weighted by atomic mass is 10.1. The van der Waals surface area contributed by atoms with Crippen molar-refractivity contribution < 1.29 is 9.59 Å². The van der Waals surface area contributed by atoms with Crippen LogP contribution < -0.4 is 10.6 Å². The van der Waals surface area contributed by atoms with Crippen LogP contribution in [0, 0.1) is 0 Å². The molecule has 0 radical (unpaired) electrons. The Morgan fingerprint density at radius 3 is 2.31 bits per heavy atom. The predicted octanol–water partition coefficient (Wildman–Crippen LogP) is 0.939. The maximum Gasteiger partial charge on any atom is 0.241 e. The van der Waals surface area contributed by atoms with E-state index in [0.29, 0.717) is 6.54 Å². The SMILES string of the molecule is CCNC(=NCC(=O)NCCc1ccccc1)N1CCN(C(C)C(=O)N2CCCC2)CC1. The Morgan fingerprint density at radius 2 is 1.66 bits per heavy atom. The molecule has 2 aliphatic heterocycles. The molecule has 3 rings (SSSR count). The molecular weight excluding hydrogens is 404 g/mol. The van der Waals surface area contributed by atoms with E-state index in [9.17, 15) is 9.59 Å². The van der Waals surface area contributed by atoms with E-state index in [0.717, 1.165) is 71.0 Å². The first-order valence-corrected chi connectivity index (χ1v) is 11.9. The summed E-state index contributed by atoms with van der Waals surface area (Å²) in [4.78, 5) is 36.0. The summed E-state index contributed by atoms with van der Waals surface area (Å²) in [5.74, 6) is 0.951. The predicted molar refractivity (Wildman–Crippen MR) is 128 cm³/mol. The number of aliphatic imine (C=N–C) groups is 1. The molecule has 2 amide bonds. The first-order valence-electron chi connectivity index (χ1n) is 11.9. The van der Waals surface area contributed by atoms with Crippen LogP contribution >= 0.6 is 0 Å². The van der Waals surface area contributed by atoms with Crippen molar-refractivity contribution in [2.45, 2.75) is 39.2 Å². The summed E-state index contributed by atoms with van der Waals surface area (Å²) < 4.78 is 0. The summed E-state index contributed by atoms with van der Waals surface area (Å²) in [6.07, 6.45) is 3.05. The lowest BCUT2D eigenvalue weighted by Gasteiger charge is -2.39. The van der Waals surface area contributed by atoms with Crippen LogP contribution in [0.2, 0.25) is 0 Å². The zero-order valence-electron chi connectivity index (χ0n) is 19.6. The van der Waals surface area contributed by atoms with Crippen LogP contribution in [0.1, 0.15) is 32.3 Å². The van der Waals surface area contributed by atoms with Gasteiger partial charge in [-0.3, -0.25) is 14.5 Å². The number of hydrogen-bond donors (Lipinski definition) is 2.